The molecule has 8 aromatic carbocycles. The smallest absolute Gasteiger partial charge is 0.217 e. The summed E-state index contributed by atoms with van der Waals surface area (Å²) >= 11 is 0. The van der Waals surface area contributed by atoms with E-state index in [4.69, 9.17) is 0 Å². The summed E-state index contributed by atoms with van der Waals surface area (Å²) < 4.78 is 4.96. The molecule has 0 unspecified atom stereocenters. The highest BCUT2D eigenvalue weighted by atomic mass is 79.9. The number of halogens is 2. The van der Waals surface area contributed by atoms with Gasteiger partial charge in [-0.25, -0.2) is 0 Å². The molecule has 0 bridgehead atoms. The second-order valence-electron chi connectivity index (χ2n) is 27.9. The van der Waals surface area contributed by atoms with Gasteiger partial charge in [-0.3, -0.25) is 0 Å². The van der Waals surface area contributed by atoms with Gasteiger partial charge in [0, 0.05) is 73.7 Å². The highest BCUT2D eigenvalue weighted by molar-refractivity contribution is 6.09. The van der Waals surface area contributed by atoms with Gasteiger partial charge in [0.25, 0.3) is 0 Å². The van der Waals surface area contributed by atoms with Crippen molar-refractivity contribution in [2.75, 3.05) is 22.9 Å². The van der Waals surface area contributed by atoms with Gasteiger partial charge in [0.1, 0.15) is 13.1 Å². The lowest BCUT2D eigenvalue weighted by molar-refractivity contribution is -0.433. The maximum Gasteiger partial charge on any atom is 0.217 e. The van der Waals surface area contributed by atoms with Crippen LogP contribution in [0.4, 0.5) is 22.7 Å². The van der Waals surface area contributed by atoms with Crippen molar-refractivity contribution in [3.05, 3.63) is 264 Å². The molecule has 8 aromatic rings. The van der Waals surface area contributed by atoms with Crippen molar-refractivity contribution < 1.29 is 43.1 Å². The molecule has 0 aromatic heterocycles. The lowest BCUT2D eigenvalue weighted by Crippen LogP contribution is -3.00. The topological polar surface area (TPSA) is 12.5 Å². The van der Waals surface area contributed by atoms with Crippen molar-refractivity contribution in [3.63, 3.8) is 0 Å². The summed E-state index contributed by atoms with van der Waals surface area (Å²) in [7, 11) is 0. The minimum Gasteiger partial charge on any atom is -1.00 e. The Hall–Kier alpha value is -7.38. The van der Waals surface area contributed by atoms with Crippen LogP contribution in [-0.4, -0.2) is 44.7 Å². The minimum atomic E-state index is -0.106. The van der Waals surface area contributed by atoms with E-state index in [0.29, 0.717) is 0 Å². The van der Waals surface area contributed by atoms with Gasteiger partial charge in [0.15, 0.2) is 11.4 Å². The summed E-state index contributed by atoms with van der Waals surface area (Å²) in [6, 6.07) is 53.4. The zero-order valence-electron chi connectivity index (χ0n) is 54.9. The maximum absolute atomic E-state index is 2.55. The van der Waals surface area contributed by atoms with Crippen LogP contribution in [-0.2, 0) is 21.7 Å². The molecule has 6 heteroatoms. The lowest BCUT2D eigenvalue weighted by atomic mass is 9.79. The molecule has 452 valence electrons. The molecule has 0 saturated heterocycles. The number of fused-ring (bicyclic) bond motifs is 12. The molecule has 4 heterocycles. The van der Waals surface area contributed by atoms with Crippen molar-refractivity contribution in [2.45, 2.75) is 144 Å². The van der Waals surface area contributed by atoms with Gasteiger partial charge < -0.3 is 43.8 Å². The third kappa shape index (κ3) is 11.3. The highest BCUT2D eigenvalue weighted by Gasteiger charge is 2.48. The molecule has 0 amide bonds. The van der Waals surface area contributed by atoms with Crippen molar-refractivity contribution in [1.29, 1.82) is 0 Å². The third-order valence-corrected chi connectivity index (χ3v) is 18.7. The van der Waals surface area contributed by atoms with Gasteiger partial charge in [-0.2, -0.15) is 9.15 Å². The molecule has 12 rings (SSSR count). The van der Waals surface area contributed by atoms with Crippen LogP contribution < -0.4 is 43.8 Å². The number of benzene rings is 8. The lowest BCUT2D eigenvalue weighted by Gasteiger charge is -2.38. The Morgan fingerprint density at radius 3 is 1.32 bits per heavy atom. The van der Waals surface area contributed by atoms with E-state index in [0.717, 1.165) is 13.1 Å². The molecule has 4 aliphatic rings. The highest BCUT2D eigenvalue weighted by Crippen LogP contribution is 2.55. The van der Waals surface area contributed by atoms with Gasteiger partial charge in [-0.1, -0.05) is 210 Å². The number of rotatable bonds is 10. The molecule has 4 aliphatic heterocycles. The van der Waals surface area contributed by atoms with Crippen LogP contribution >= 0.6 is 0 Å². The molecule has 0 spiro atoms. The Kier molecular flexibility index (Phi) is 18.4. The van der Waals surface area contributed by atoms with Crippen LogP contribution in [0, 0.1) is 0 Å². The predicted octanol–water partition coefficient (Wildman–Crippen LogP) is 15.1. The first kappa shape index (κ1) is 65.1. The van der Waals surface area contributed by atoms with E-state index in [-0.39, 0.29) is 66.7 Å². The number of anilines is 2. The summed E-state index contributed by atoms with van der Waals surface area (Å²) in [5, 5.41) is 10.6. The van der Waals surface area contributed by atoms with Gasteiger partial charge in [-0.05, 0) is 157 Å². The van der Waals surface area contributed by atoms with E-state index in [9.17, 15) is 0 Å². The van der Waals surface area contributed by atoms with Gasteiger partial charge in [0.05, 0.1) is 21.9 Å². The standard InChI is InChI=1S/2C41H45N2.2BrH/c1-9-42-33-27-25-29-19-15-17-21-31(29)37(33)40(5,6)35(42)23-13-11-10-12-14-24-36-41(7,8)38-32-22-18-16-20-30(32)26-28-34(38)43(36)39(2,3)4;1-9-42-35(40(5,6)33-27-25-29-19-15-17-21-31(29)37(33)42)23-13-11-10-12-14-24-36-41(7,8)34-28-26-30-20-16-18-22-32(30)38(34)43(36)39(2,3)4;;/h2*10-28H,9H2,1-8H3;2*1H/q2*+1;;/p-2. The van der Waals surface area contributed by atoms with E-state index < -0.39 is 0 Å². The first-order valence-corrected chi connectivity index (χ1v) is 31.4. The van der Waals surface area contributed by atoms with E-state index in [1.54, 1.807) is 0 Å². The average molecular weight is 1290 g/mol. The van der Waals surface area contributed by atoms with E-state index in [1.165, 1.54) is 111 Å². The molecular weight excluding hydrogens is 1200 g/mol. The Bertz CT molecular complexity index is 4340. The first-order valence-electron chi connectivity index (χ1n) is 31.4. The molecule has 4 nitrogen and oxygen atoms in total. The summed E-state index contributed by atoms with van der Waals surface area (Å²) in [6.07, 6.45) is 30.9. The Morgan fingerprint density at radius 2 is 0.784 bits per heavy atom. The largest absolute Gasteiger partial charge is 1.00 e. The molecule has 88 heavy (non-hydrogen) atoms. The quantitative estimate of drug-likeness (QED) is 0.0999. The molecular formula is C82H90Br2N4. The fraction of sp³-hybridized carbons (Fsp3) is 0.293. The number of allylic oxidation sites excluding steroid dienone is 16. The van der Waals surface area contributed by atoms with Crippen molar-refractivity contribution >= 4 is 77.3 Å². The third-order valence-electron chi connectivity index (χ3n) is 18.7. The Labute approximate surface area is 547 Å². The monoisotopic (exact) mass is 1290 g/mol. The van der Waals surface area contributed by atoms with Crippen molar-refractivity contribution in [1.82, 2.24) is 0 Å². The molecule has 0 N–H and O–H groups in total. The second-order valence-corrected chi connectivity index (χ2v) is 27.9. The van der Waals surface area contributed by atoms with Crippen molar-refractivity contribution in [2.24, 2.45) is 0 Å². The zero-order valence-corrected chi connectivity index (χ0v) is 58.1. The van der Waals surface area contributed by atoms with Crippen LogP contribution in [0.2, 0.25) is 0 Å². The number of hydrogen-bond donors (Lipinski definition) is 0. The van der Waals surface area contributed by atoms with Crippen molar-refractivity contribution in [3.8, 4) is 0 Å². The average Bonchev–Trinajstić information content (AvgIpc) is 1.86. The SMILES string of the molecule is CC[N+]1=C(C=CC=CC=CC=C2N(C(C)(C)C)c3c(ccc4ccccc34)C2(C)C)C(C)(C)c2ccc3ccccc3c21.CC[N+]1=C(C=CC=CC=CC=C2N(C(C)(C)C)c3ccc4ccccc4c3C2(C)C)C(C)(C)c2c1ccc1ccccc21.[Br-].[Br-]. The molecule has 0 radical (unpaired) electrons. The zero-order chi connectivity index (χ0) is 61.1. The summed E-state index contributed by atoms with van der Waals surface area (Å²) in [5.41, 5.74) is 15.9. The van der Waals surface area contributed by atoms with E-state index in [1.807, 2.05) is 0 Å². The van der Waals surface area contributed by atoms with E-state index in [2.05, 4.69) is 360 Å². The fourth-order valence-electron chi connectivity index (χ4n) is 14.8. The van der Waals surface area contributed by atoms with Crippen LogP contribution in [0.5, 0.6) is 0 Å². The maximum atomic E-state index is 2.55. The fourth-order valence-corrected chi connectivity index (χ4v) is 14.8. The Balaban J connectivity index is 0.000000205. The van der Waals surface area contributed by atoms with Gasteiger partial charge >= 0.3 is 0 Å². The predicted molar refractivity (Wildman–Crippen MR) is 374 cm³/mol. The van der Waals surface area contributed by atoms with Crippen LogP contribution in [0.1, 0.15) is 133 Å². The van der Waals surface area contributed by atoms with Crippen LogP contribution in [0.25, 0.3) is 43.1 Å². The molecule has 0 atom stereocenters. The summed E-state index contributed by atoms with van der Waals surface area (Å²) in [5.74, 6) is 0. The van der Waals surface area contributed by atoms with Gasteiger partial charge in [0.2, 0.25) is 11.4 Å². The molecule has 0 aliphatic carbocycles. The minimum absolute atomic E-state index is 0. The molecule has 0 saturated carbocycles. The van der Waals surface area contributed by atoms with Crippen LogP contribution in [0.15, 0.2) is 242 Å². The molecule has 0 fully saturated rings. The number of hydrogen-bond acceptors (Lipinski definition) is 2. The van der Waals surface area contributed by atoms with Crippen LogP contribution in [0.3, 0.4) is 0 Å². The first-order chi connectivity index (χ1) is 40.9. The van der Waals surface area contributed by atoms with E-state index >= 15 is 0 Å². The van der Waals surface area contributed by atoms with Gasteiger partial charge in [-0.15, -0.1) is 0 Å². The summed E-state index contributed by atoms with van der Waals surface area (Å²) in [4.78, 5) is 5.08. The normalized spacial score (nSPS) is 18.4. The second kappa shape index (κ2) is 24.9. The number of nitrogens with zero attached hydrogens (tertiary/aromatic N) is 4. The summed E-state index contributed by atoms with van der Waals surface area (Å²) in [6.45, 7) is 39.1. The Morgan fingerprint density at radius 1 is 0.375 bits per heavy atom.